The summed E-state index contributed by atoms with van der Waals surface area (Å²) in [6, 6.07) is 4.99. The van der Waals surface area contributed by atoms with Crippen LogP contribution in [0.25, 0.3) is 0 Å². The maximum Gasteiger partial charge on any atom is 0.203 e. The first-order valence-corrected chi connectivity index (χ1v) is 6.67. The van der Waals surface area contributed by atoms with Gasteiger partial charge >= 0.3 is 0 Å². The number of benzene rings is 1. The third-order valence-corrected chi connectivity index (χ3v) is 3.89. The molecule has 1 fully saturated rings. The van der Waals surface area contributed by atoms with Crippen molar-refractivity contribution < 1.29 is 14.2 Å². The van der Waals surface area contributed by atoms with Gasteiger partial charge in [-0.25, -0.2) is 0 Å². The second-order valence-electron chi connectivity index (χ2n) is 5.12. The third-order valence-electron chi connectivity index (χ3n) is 3.89. The molecular weight excluding hydrogens is 242 g/mol. The molecule has 106 valence electrons. The van der Waals surface area contributed by atoms with Crippen LogP contribution < -0.4 is 19.5 Å². The number of hydrogen-bond acceptors (Lipinski definition) is 4. The molecule has 1 aromatic carbocycles. The van der Waals surface area contributed by atoms with E-state index < -0.39 is 0 Å². The summed E-state index contributed by atoms with van der Waals surface area (Å²) < 4.78 is 16.3. The average molecular weight is 265 g/mol. The van der Waals surface area contributed by atoms with Crippen molar-refractivity contribution in [1.82, 2.24) is 5.32 Å². The Bertz CT molecular complexity index is 447. The third kappa shape index (κ3) is 2.50. The quantitative estimate of drug-likeness (QED) is 0.908. The molecule has 1 aliphatic rings. The normalized spacial score (nSPS) is 26.3. The lowest BCUT2D eigenvalue weighted by Gasteiger charge is -2.21. The molecule has 0 aromatic heterocycles. The van der Waals surface area contributed by atoms with Crippen LogP contribution in [0.15, 0.2) is 12.1 Å². The van der Waals surface area contributed by atoms with Crippen molar-refractivity contribution >= 4 is 0 Å². The second-order valence-corrected chi connectivity index (χ2v) is 5.12. The summed E-state index contributed by atoms with van der Waals surface area (Å²) in [7, 11) is 4.96. The highest BCUT2D eigenvalue weighted by Gasteiger charge is 2.32. The predicted molar refractivity (Wildman–Crippen MR) is 75.5 cm³/mol. The molecule has 4 heteroatoms. The standard InChI is InChI=1S/C15H23NO3/c1-9-8-12(10(2)16-9)11-6-7-13(17-3)15(19-5)14(11)18-4/h6-7,9-10,12,16H,8H2,1-5H3. The minimum absolute atomic E-state index is 0.432. The number of ether oxygens (including phenoxy) is 3. The highest BCUT2D eigenvalue weighted by atomic mass is 16.5. The van der Waals surface area contributed by atoms with Gasteiger partial charge in [0.15, 0.2) is 11.5 Å². The van der Waals surface area contributed by atoms with Crippen LogP contribution in [0.1, 0.15) is 31.7 Å². The summed E-state index contributed by atoms with van der Waals surface area (Å²) in [6.07, 6.45) is 1.10. The molecule has 0 aliphatic carbocycles. The van der Waals surface area contributed by atoms with E-state index in [4.69, 9.17) is 14.2 Å². The maximum atomic E-state index is 5.57. The van der Waals surface area contributed by atoms with Gasteiger partial charge in [0.2, 0.25) is 5.75 Å². The van der Waals surface area contributed by atoms with E-state index in [9.17, 15) is 0 Å². The van der Waals surface area contributed by atoms with Gasteiger partial charge in [0, 0.05) is 23.6 Å². The predicted octanol–water partition coefficient (Wildman–Crippen LogP) is 2.57. The van der Waals surface area contributed by atoms with Crippen LogP contribution in [-0.2, 0) is 0 Å². The molecule has 2 rings (SSSR count). The molecule has 0 bridgehead atoms. The SMILES string of the molecule is COc1ccc(C2CC(C)NC2C)c(OC)c1OC. The Hall–Kier alpha value is -1.42. The van der Waals surface area contributed by atoms with Crippen LogP contribution in [-0.4, -0.2) is 33.4 Å². The lowest BCUT2D eigenvalue weighted by Crippen LogP contribution is -2.26. The van der Waals surface area contributed by atoms with Crippen molar-refractivity contribution in [3.63, 3.8) is 0 Å². The first kappa shape index (κ1) is 14.0. The van der Waals surface area contributed by atoms with Crippen LogP contribution >= 0.6 is 0 Å². The molecule has 1 N–H and O–H groups in total. The van der Waals surface area contributed by atoms with Gasteiger partial charge in [-0.15, -0.1) is 0 Å². The Morgan fingerprint density at radius 2 is 1.68 bits per heavy atom. The van der Waals surface area contributed by atoms with Crippen molar-refractivity contribution in [3.8, 4) is 17.2 Å². The van der Waals surface area contributed by atoms with Crippen LogP contribution in [0, 0.1) is 0 Å². The lowest BCUT2D eigenvalue weighted by atomic mass is 9.90. The number of nitrogens with one attached hydrogen (secondary N) is 1. The van der Waals surface area contributed by atoms with Gasteiger partial charge in [-0.3, -0.25) is 0 Å². The van der Waals surface area contributed by atoms with Crippen molar-refractivity contribution in [2.75, 3.05) is 21.3 Å². The second kappa shape index (κ2) is 5.70. The van der Waals surface area contributed by atoms with Gasteiger partial charge in [0.25, 0.3) is 0 Å². The Kier molecular flexibility index (Phi) is 4.20. The summed E-state index contributed by atoms with van der Waals surface area (Å²) in [5.41, 5.74) is 1.18. The molecular formula is C15H23NO3. The van der Waals surface area contributed by atoms with Gasteiger partial charge in [0.1, 0.15) is 0 Å². The summed E-state index contributed by atoms with van der Waals surface area (Å²) >= 11 is 0. The van der Waals surface area contributed by atoms with Gasteiger partial charge in [-0.2, -0.15) is 0 Å². The first-order chi connectivity index (χ1) is 9.12. The molecule has 19 heavy (non-hydrogen) atoms. The summed E-state index contributed by atoms with van der Waals surface area (Å²) in [5, 5.41) is 3.56. The zero-order valence-electron chi connectivity index (χ0n) is 12.3. The topological polar surface area (TPSA) is 39.7 Å². The lowest BCUT2D eigenvalue weighted by molar-refractivity contribution is 0.320. The fraction of sp³-hybridized carbons (Fsp3) is 0.600. The van der Waals surface area contributed by atoms with E-state index in [1.54, 1.807) is 21.3 Å². The van der Waals surface area contributed by atoms with E-state index in [0.717, 1.165) is 12.2 Å². The van der Waals surface area contributed by atoms with Crippen LogP contribution in [0.3, 0.4) is 0 Å². The van der Waals surface area contributed by atoms with Gasteiger partial charge in [-0.05, 0) is 26.3 Å². The molecule has 4 nitrogen and oxygen atoms in total. The Balaban J connectivity index is 2.46. The molecule has 1 saturated heterocycles. The maximum absolute atomic E-state index is 5.57. The van der Waals surface area contributed by atoms with E-state index in [-0.39, 0.29) is 0 Å². The van der Waals surface area contributed by atoms with Crippen LogP contribution in [0.4, 0.5) is 0 Å². The van der Waals surface area contributed by atoms with Gasteiger partial charge in [0.05, 0.1) is 21.3 Å². The first-order valence-electron chi connectivity index (χ1n) is 6.67. The molecule has 0 saturated carbocycles. The molecule has 0 radical (unpaired) electrons. The van der Waals surface area contributed by atoms with E-state index in [0.29, 0.717) is 29.5 Å². The average Bonchev–Trinajstić information content (AvgIpc) is 2.75. The highest BCUT2D eigenvalue weighted by Crippen LogP contribution is 2.45. The smallest absolute Gasteiger partial charge is 0.203 e. The monoisotopic (exact) mass is 265 g/mol. The van der Waals surface area contributed by atoms with Gasteiger partial charge in [-0.1, -0.05) is 6.07 Å². The van der Waals surface area contributed by atoms with Crippen molar-refractivity contribution in [2.45, 2.75) is 38.3 Å². The van der Waals surface area contributed by atoms with Gasteiger partial charge < -0.3 is 19.5 Å². The Morgan fingerprint density at radius 3 is 2.16 bits per heavy atom. The summed E-state index contributed by atoms with van der Waals surface area (Å²) in [6.45, 7) is 4.42. The summed E-state index contributed by atoms with van der Waals surface area (Å²) in [4.78, 5) is 0. The fourth-order valence-electron chi connectivity index (χ4n) is 3.03. The molecule has 1 heterocycles. The molecule has 0 amide bonds. The Labute approximate surface area is 115 Å². The Morgan fingerprint density at radius 1 is 1.00 bits per heavy atom. The van der Waals surface area contributed by atoms with Crippen LogP contribution in [0.5, 0.6) is 17.2 Å². The van der Waals surface area contributed by atoms with E-state index >= 15 is 0 Å². The van der Waals surface area contributed by atoms with Crippen molar-refractivity contribution in [3.05, 3.63) is 17.7 Å². The van der Waals surface area contributed by atoms with Crippen LogP contribution in [0.2, 0.25) is 0 Å². The highest BCUT2D eigenvalue weighted by molar-refractivity contribution is 5.57. The minimum atomic E-state index is 0.432. The zero-order chi connectivity index (χ0) is 14.0. The molecule has 3 unspecified atom stereocenters. The molecule has 3 atom stereocenters. The van der Waals surface area contributed by atoms with E-state index in [2.05, 4.69) is 25.2 Å². The van der Waals surface area contributed by atoms with E-state index in [1.165, 1.54) is 5.56 Å². The fourth-order valence-corrected chi connectivity index (χ4v) is 3.03. The summed E-state index contributed by atoms with van der Waals surface area (Å²) in [5.74, 6) is 2.60. The molecule has 1 aromatic rings. The molecule has 0 spiro atoms. The zero-order valence-corrected chi connectivity index (χ0v) is 12.3. The largest absolute Gasteiger partial charge is 0.493 e. The molecule has 1 aliphatic heterocycles. The van der Waals surface area contributed by atoms with Crippen molar-refractivity contribution in [1.29, 1.82) is 0 Å². The minimum Gasteiger partial charge on any atom is -0.493 e. The van der Waals surface area contributed by atoms with E-state index in [1.807, 2.05) is 6.07 Å². The number of methoxy groups -OCH3 is 3. The number of rotatable bonds is 4. The number of hydrogen-bond donors (Lipinski definition) is 1. The van der Waals surface area contributed by atoms with Crippen molar-refractivity contribution in [2.24, 2.45) is 0 Å².